The zero-order valence-corrected chi connectivity index (χ0v) is 14.5. The molecule has 2 unspecified atom stereocenters. The van der Waals surface area contributed by atoms with Gasteiger partial charge in [0.1, 0.15) is 0 Å². The van der Waals surface area contributed by atoms with Gasteiger partial charge in [0.25, 0.3) is 0 Å². The molecule has 2 aliphatic rings. The summed E-state index contributed by atoms with van der Waals surface area (Å²) in [6.45, 7) is 17.1. The Kier molecular flexibility index (Phi) is 5.91. The predicted octanol–water partition coefficient (Wildman–Crippen LogP) is 2.42. The third kappa shape index (κ3) is 4.35. The summed E-state index contributed by atoms with van der Waals surface area (Å²) < 4.78 is 0. The predicted molar refractivity (Wildman–Crippen MR) is 90.8 cm³/mol. The van der Waals surface area contributed by atoms with Crippen LogP contribution in [-0.2, 0) is 0 Å². The molecule has 0 radical (unpaired) electrons. The van der Waals surface area contributed by atoms with E-state index in [2.05, 4.69) is 42.8 Å². The number of aliphatic imine (C=N–C) groups is 1. The number of nitrogens with one attached hydrogen (secondary N) is 1. The molecule has 122 valence electrons. The summed E-state index contributed by atoms with van der Waals surface area (Å²) in [6.07, 6.45) is 3.86. The van der Waals surface area contributed by atoms with Crippen LogP contribution in [-0.4, -0.2) is 61.6 Å². The largest absolute Gasteiger partial charge is 0.357 e. The van der Waals surface area contributed by atoms with Gasteiger partial charge in [-0.05, 0) is 50.6 Å². The van der Waals surface area contributed by atoms with Gasteiger partial charge in [0.05, 0.1) is 0 Å². The molecule has 2 atom stereocenters. The molecule has 2 heterocycles. The van der Waals surface area contributed by atoms with E-state index in [0.717, 1.165) is 38.1 Å². The molecular weight excluding hydrogens is 260 g/mol. The molecule has 0 amide bonds. The number of hydrogen-bond acceptors (Lipinski definition) is 2. The lowest BCUT2D eigenvalue weighted by atomic mass is 9.87. The van der Waals surface area contributed by atoms with Crippen molar-refractivity contribution < 1.29 is 0 Å². The Morgan fingerprint density at radius 2 is 2.10 bits per heavy atom. The van der Waals surface area contributed by atoms with Crippen LogP contribution in [0.3, 0.4) is 0 Å². The highest BCUT2D eigenvalue weighted by Gasteiger charge is 2.33. The highest BCUT2D eigenvalue weighted by Crippen LogP contribution is 2.32. The number of guanidine groups is 1. The normalized spacial score (nSPS) is 31.1. The van der Waals surface area contributed by atoms with Gasteiger partial charge in [0.2, 0.25) is 0 Å². The van der Waals surface area contributed by atoms with Crippen LogP contribution in [0.2, 0.25) is 0 Å². The molecule has 21 heavy (non-hydrogen) atoms. The van der Waals surface area contributed by atoms with Crippen LogP contribution >= 0.6 is 0 Å². The van der Waals surface area contributed by atoms with Gasteiger partial charge in [0.15, 0.2) is 5.96 Å². The van der Waals surface area contributed by atoms with Gasteiger partial charge < -0.3 is 15.1 Å². The van der Waals surface area contributed by atoms with Crippen LogP contribution in [0, 0.1) is 11.3 Å². The lowest BCUT2D eigenvalue weighted by Gasteiger charge is -2.25. The fraction of sp³-hybridized carbons (Fsp3) is 0.941. The molecule has 2 fully saturated rings. The molecule has 0 aromatic rings. The fourth-order valence-corrected chi connectivity index (χ4v) is 3.48. The molecule has 2 rings (SSSR count). The van der Waals surface area contributed by atoms with Crippen LogP contribution in [0.1, 0.15) is 47.0 Å². The maximum atomic E-state index is 4.95. The van der Waals surface area contributed by atoms with Crippen molar-refractivity contribution in [1.82, 2.24) is 15.1 Å². The molecule has 1 N–H and O–H groups in total. The van der Waals surface area contributed by atoms with Gasteiger partial charge >= 0.3 is 0 Å². The lowest BCUT2D eigenvalue weighted by molar-refractivity contribution is 0.321. The summed E-state index contributed by atoms with van der Waals surface area (Å²) in [4.78, 5) is 9.96. The average Bonchev–Trinajstić information content (AvgIpc) is 3.11. The van der Waals surface area contributed by atoms with Crippen molar-refractivity contribution >= 4 is 5.96 Å². The van der Waals surface area contributed by atoms with E-state index < -0.39 is 0 Å². The van der Waals surface area contributed by atoms with Gasteiger partial charge in [-0.15, -0.1) is 0 Å². The van der Waals surface area contributed by atoms with Gasteiger partial charge in [-0.1, -0.05) is 20.8 Å². The summed E-state index contributed by atoms with van der Waals surface area (Å²) in [5, 5.41) is 3.50. The van der Waals surface area contributed by atoms with E-state index in [9.17, 15) is 0 Å². The molecule has 0 aromatic heterocycles. The van der Waals surface area contributed by atoms with E-state index in [1.165, 1.54) is 38.9 Å². The summed E-state index contributed by atoms with van der Waals surface area (Å²) in [6, 6.07) is 0. The van der Waals surface area contributed by atoms with E-state index in [-0.39, 0.29) is 0 Å². The lowest BCUT2D eigenvalue weighted by Crippen LogP contribution is -2.41. The first-order valence-electron chi connectivity index (χ1n) is 8.85. The first kappa shape index (κ1) is 16.6. The maximum absolute atomic E-state index is 4.95. The van der Waals surface area contributed by atoms with Crippen molar-refractivity contribution in [3.63, 3.8) is 0 Å². The number of likely N-dealkylation sites (tertiary alicyclic amines) is 2. The second kappa shape index (κ2) is 7.48. The second-order valence-corrected chi connectivity index (χ2v) is 7.08. The Bertz CT molecular complexity index is 355. The molecule has 0 aliphatic carbocycles. The van der Waals surface area contributed by atoms with Crippen molar-refractivity contribution in [3.05, 3.63) is 0 Å². The highest BCUT2D eigenvalue weighted by molar-refractivity contribution is 5.80. The van der Waals surface area contributed by atoms with Gasteiger partial charge in [0, 0.05) is 32.7 Å². The number of nitrogens with zero attached hydrogens (tertiary/aromatic N) is 3. The minimum atomic E-state index is 0.475. The van der Waals surface area contributed by atoms with Crippen molar-refractivity contribution in [1.29, 1.82) is 0 Å². The highest BCUT2D eigenvalue weighted by atomic mass is 15.3. The molecule has 2 saturated heterocycles. The number of rotatable bonds is 5. The van der Waals surface area contributed by atoms with Gasteiger partial charge in [-0.3, -0.25) is 4.99 Å². The van der Waals surface area contributed by atoms with Crippen molar-refractivity contribution in [2.75, 3.05) is 45.8 Å². The first-order chi connectivity index (χ1) is 10.1. The topological polar surface area (TPSA) is 30.9 Å². The Labute approximate surface area is 131 Å². The summed E-state index contributed by atoms with van der Waals surface area (Å²) in [7, 11) is 0. The third-order valence-electron chi connectivity index (χ3n) is 5.36. The first-order valence-corrected chi connectivity index (χ1v) is 8.85. The van der Waals surface area contributed by atoms with Gasteiger partial charge in [-0.2, -0.15) is 0 Å². The molecule has 0 bridgehead atoms. The van der Waals surface area contributed by atoms with Crippen LogP contribution in [0.4, 0.5) is 0 Å². The maximum Gasteiger partial charge on any atom is 0.193 e. The molecule has 4 nitrogen and oxygen atoms in total. The van der Waals surface area contributed by atoms with E-state index in [1.807, 2.05) is 0 Å². The molecule has 0 spiro atoms. The summed E-state index contributed by atoms with van der Waals surface area (Å²) in [5.41, 5.74) is 0.475. The number of hydrogen-bond donors (Lipinski definition) is 1. The molecular formula is C17H34N4. The minimum Gasteiger partial charge on any atom is -0.357 e. The zero-order chi connectivity index (χ0) is 15.3. The molecule has 4 heteroatoms. The molecule has 0 aromatic carbocycles. The summed E-state index contributed by atoms with van der Waals surface area (Å²) >= 11 is 0. The Balaban J connectivity index is 1.91. The Morgan fingerprint density at radius 1 is 1.29 bits per heavy atom. The third-order valence-corrected chi connectivity index (χ3v) is 5.36. The molecule has 0 saturated carbocycles. The van der Waals surface area contributed by atoms with Crippen molar-refractivity contribution in [2.24, 2.45) is 16.3 Å². The van der Waals surface area contributed by atoms with Gasteiger partial charge in [-0.25, -0.2) is 0 Å². The standard InChI is InChI=1S/C17H34N4/c1-5-17(4)9-11-21(14-17)16(18-6-2)19-12-15-8-10-20(7-3)13-15/h15H,5-14H2,1-4H3,(H,18,19). The van der Waals surface area contributed by atoms with Crippen LogP contribution in [0.15, 0.2) is 4.99 Å². The van der Waals surface area contributed by atoms with Crippen molar-refractivity contribution in [3.8, 4) is 0 Å². The average molecular weight is 294 g/mol. The van der Waals surface area contributed by atoms with E-state index in [0.29, 0.717) is 5.41 Å². The van der Waals surface area contributed by atoms with Crippen LogP contribution in [0.25, 0.3) is 0 Å². The minimum absolute atomic E-state index is 0.475. The smallest absolute Gasteiger partial charge is 0.193 e. The van der Waals surface area contributed by atoms with Crippen LogP contribution < -0.4 is 5.32 Å². The Morgan fingerprint density at radius 3 is 2.67 bits per heavy atom. The monoisotopic (exact) mass is 294 g/mol. The van der Waals surface area contributed by atoms with Crippen molar-refractivity contribution in [2.45, 2.75) is 47.0 Å². The second-order valence-electron chi connectivity index (χ2n) is 7.08. The summed E-state index contributed by atoms with van der Waals surface area (Å²) in [5.74, 6) is 1.89. The Hall–Kier alpha value is -0.770. The quantitative estimate of drug-likeness (QED) is 0.624. The zero-order valence-electron chi connectivity index (χ0n) is 14.5. The molecule has 2 aliphatic heterocycles. The fourth-order valence-electron chi connectivity index (χ4n) is 3.48. The SMILES string of the molecule is CCNC(=NCC1CCN(CC)C1)N1CCC(C)(CC)C1. The van der Waals surface area contributed by atoms with E-state index >= 15 is 0 Å². The van der Waals surface area contributed by atoms with E-state index in [1.54, 1.807) is 0 Å². The van der Waals surface area contributed by atoms with E-state index in [4.69, 9.17) is 4.99 Å². The van der Waals surface area contributed by atoms with Crippen LogP contribution in [0.5, 0.6) is 0 Å².